The van der Waals surface area contributed by atoms with E-state index in [4.69, 9.17) is 9.47 Å². The molecular weight excluding hydrogens is 282 g/mol. The number of anilines is 1. The summed E-state index contributed by atoms with van der Waals surface area (Å²) in [4.78, 5) is 12.6. The van der Waals surface area contributed by atoms with E-state index in [9.17, 15) is 0 Å². The molecule has 4 heterocycles. The largest absolute Gasteiger partial charge is 0.378 e. The van der Waals surface area contributed by atoms with Gasteiger partial charge in [0.05, 0.1) is 12.2 Å². The van der Waals surface area contributed by atoms with Crippen LogP contribution < -0.4 is 5.32 Å². The number of imidazole rings is 1. The molecule has 0 aliphatic carbocycles. The van der Waals surface area contributed by atoms with E-state index in [2.05, 4.69) is 20.3 Å². The summed E-state index contributed by atoms with van der Waals surface area (Å²) < 4.78 is 13.3. The fourth-order valence-corrected chi connectivity index (χ4v) is 3.19. The fraction of sp³-hybridized carbons (Fsp3) is 0.533. The highest BCUT2D eigenvalue weighted by molar-refractivity contribution is 5.41. The summed E-state index contributed by atoms with van der Waals surface area (Å²) in [5.41, 5.74) is -0.101. The molecule has 4 rings (SSSR count). The number of nitrogens with zero attached hydrogens (tertiary/aromatic N) is 4. The van der Waals surface area contributed by atoms with Crippen molar-refractivity contribution in [1.29, 1.82) is 0 Å². The predicted octanol–water partition coefficient (Wildman–Crippen LogP) is 1.41. The lowest BCUT2D eigenvalue weighted by Gasteiger charge is -2.37. The van der Waals surface area contributed by atoms with E-state index in [0.717, 1.165) is 44.1 Å². The lowest BCUT2D eigenvalue weighted by molar-refractivity contribution is -0.0829. The van der Waals surface area contributed by atoms with Gasteiger partial charge < -0.3 is 14.8 Å². The van der Waals surface area contributed by atoms with Crippen molar-refractivity contribution in [2.45, 2.75) is 30.9 Å². The molecule has 2 aromatic rings. The van der Waals surface area contributed by atoms with Crippen LogP contribution in [0.2, 0.25) is 0 Å². The van der Waals surface area contributed by atoms with Crippen LogP contribution in [-0.2, 0) is 9.47 Å². The van der Waals surface area contributed by atoms with E-state index in [1.807, 2.05) is 16.8 Å². The molecule has 0 radical (unpaired) electrons. The van der Waals surface area contributed by atoms with Gasteiger partial charge in [-0.05, 0) is 12.8 Å². The molecule has 0 unspecified atom stereocenters. The third-order valence-corrected chi connectivity index (χ3v) is 4.33. The minimum absolute atomic E-state index is 0.101. The Balaban J connectivity index is 1.48. The molecule has 0 saturated carbocycles. The molecule has 2 atom stereocenters. The Hall–Kier alpha value is -1.99. The normalized spacial score (nSPS) is 28.1. The molecule has 2 fully saturated rings. The van der Waals surface area contributed by atoms with Crippen LogP contribution in [0.15, 0.2) is 31.1 Å². The van der Waals surface area contributed by atoms with Crippen molar-refractivity contribution in [3.05, 3.63) is 31.1 Å². The number of hydrogen-bond donors (Lipinski definition) is 1. The minimum atomic E-state index is -0.101. The molecule has 7 nitrogen and oxygen atoms in total. The summed E-state index contributed by atoms with van der Waals surface area (Å²) in [6.45, 7) is 2.26. The van der Waals surface area contributed by atoms with Gasteiger partial charge in [0, 0.05) is 44.1 Å². The Bertz CT molecular complexity index is 625. The van der Waals surface area contributed by atoms with Crippen molar-refractivity contribution in [2.75, 3.05) is 25.1 Å². The van der Waals surface area contributed by atoms with Gasteiger partial charge in [-0.1, -0.05) is 0 Å². The van der Waals surface area contributed by atoms with Crippen molar-refractivity contribution < 1.29 is 9.47 Å². The van der Waals surface area contributed by atoms with Crippen molar-refractivity contribution in [3.63, 3.8) is 0 Å². The molecule has 1 spiro atoms. The third-order valence-electron chi connectivity index (χ3n) is 4.33. The Kier molecular flexibility index (Phi) is 3.51. The maximum Gasteiger partial charge on any atom is 0.143 e. The number of hydrogen-bond acceptors (Lipinski definition) is 6. The highest BCUT2D eigenvalue weighted by Gasteiger charge is 2.41. The smallest absolute Gasteiger partial charge is 0.143 e. The van der Waals surface area contributed by atoms with Crippen molar-refractivity contribution in [2.24, 2.45) is 0 Å². The van der Waals surface area contributed by atoms with Crippen LogP contribution in [0.4, 0.5) is 5.82 Å². The molecule has 2 aromatic heterocycles. The number of ether oxygens (including phenoxy) is 2. The molecule has 7 heteroatoms. The van der Waals surface area contributed by atoms with Gasteiger partial charge >= 0.3 is 0 Å². The average Bonchev–Trinajstić information content (AvgIpc) is 3.20. The van der Waals surface area contributed by atoms with Crippen LogP contribution in [0.5, 0.6) is 0 Å². The highest BCUT2D eigenvalue weighted by Crippen LogP contribution is 2.33. The van der Waals surface area contributed by atoms with E-state index in [-0.39, 0.29) is 5.60 Å². The maximum atomic E-state index is 5.97. The molecular formula is C15H19N5O2. The van der Waals surface area contributed by atoms with Gasteiger partial charge in [-0.25, -0.2) is 15.0 Å². The van der Waals surface area contributed by atoms with Gasteiger partial charge in [-0.15, -0.1) is 0 Å². The summed E-state index contributed by atoms with van der Waals surface area (Å²) in [5, 5.41) is 3.51. The molecule has 2 aliphatic rings. The summed E-state index contributed by atoms with van der Waals surface area (Å²) in [6, 6.07) is 2.29. The molecule has 22 heavy (non-hydrogen) atoms. The van der Waals surface area contributed by atoms with Crippen molar-refractivity contribution in [3.8, 4) is 5.82 Å². The first-order valence-corrected chi connectivity index (χ1v) is 7.62. The molecule has 2 aliphatic heterocycles. The van der Waals surface area contributed by atoms with Gasteiger partial charge in [0.1, 0.15) is 24.3 Å². The number of rotatable bonds is 3. The van der Waals surface area contributed by atoms with Crippen LogP contribution in [0, 0.1) is 0 Å². The van der Waals surface area contributed by atoms with Crippen LogP contribution in [0.25, 0.3) is 5.82 Å². The standard InChI is InChI=1S/C15H19N5O2/c1-5-22-15(2-6-21-9-15)8-12(1)19-13-7-14(18-10-17-13)20-4-3-16-11-20/h3-4,7,10-12H,1-2,5-6,8-9H2,(H,17,18,19)/t12-,15-/m0/s1. The van der Waals surface area contributed by atoms with Crippen molar-refractivity contribution in [1.82, 2.24) is 19.5 Å². The molecule has 0 aromatic carbocycles. The van der Waals surface area contributed by atoms with Gasteiger partial charge in [0.2, 0.25) is 0 Å². The second-order valence-corrected chi connectivity index (χ2v) is 5.90. The van der Waals surface area contributed by atoms with Crippen LogP contribution in [-0.4, -0.2) is 51.0 Å². The van der Waals surface area contributed by atoms with E-state index >= 15 is 0 Å². The second-order valence-electron chi connectivity index (χ2n) is 5.90. The van der Waals surface area contributed by atoms with E-state index in [0.29, 0.717) is 12.6 Å². The Morgan fingerprint density at radius 3 is 3.14 bits per heavy atom. The fourth-order valence-electron chi connectivity index (χ4n) is 3.19. The summed E-state index contributed by atoms with van der Waals surface area (Å²) >= 11 is 0. The number of aromatic nitrogens is 4. The summed E-state index contributed by atoms with van der Waals surface area (Å²) in [6.07, 6.45) is 9.82. The van der Waals surface area contributed by atoms with Crippen LogP contribution in [0.3, 0.4) is 0 Å². The molecule has 1 N–H and O–H groups in total. The lowest BCUT2D eigenvalue weighted by atomic mass is 9.90. The zero-order valence-corrected chi connectivity index (χ0v) is 12.3. The van der Waals surface area contributed by atoms with Crippen LogP contribution >= 0.6 is 0 Å². The predicted molar refractivity (Wildman–Crippen MR) is 79.9 cm³/mol. The average molecular weight is 301 g/mol. The molecule has 0 amide bonds. The highest BCUT2D eigenvalue weighted by atomic mass is 16.6. The molecule has 2 saturated heterocycles. The molecule has 0 bridgehead atoms. The minimum Gasteiger partial charge on any atom is -0.378 e. The van der Waals surface area contributed by atoms with Crippen LogP contribution in [0.1, 0.15) is 19.3 Å². The topological polar surface area (TPSA) is 74.1 Å². The van der Waals surface area contributed by atoms with Gasteiger partial charge in [0.15, 0.2) is 0 Å². The quantitative estimate of drug-likeness (QED) is 0.924. The SMILES string of the molecule is c1cn(-c2cc(N[C@H]3CCO[C@@]4(CCOC4)C3)ncn2)cn1. The zero-order chi connectivity index (χ0) is 14.8. The first kappa shape index (κ1) is 13.7. The number of nitrogens with one attached hydrogen (secondary N) is 1. The van der Waals surface area contributed by atoms with Gasteiger partial charge in [-0.3, -0.25) is 4.57 Å². The zero-order valence-electron chi connectivity index (χ0n) is 12.3. The maximum absolute atomic E-state index is 5.97. The summed E-state index contributed by atoms with van der Waals surface area (Å²) in [5.74, 6) is 1.64. The van der Waals surface area contributed by atoms with Crippen molar-refractivity contribution >= 4 is 5.82 Å². The van der Waals surface area contributed by atoms with Gasteiger partial charge in [0.25, 0.3) is 0 Å². The van der Waals surface area contributed by atoms with Gasteiger partial charge in [-0.2, -0.15) is 0 Å². The van der Waals surface area contributed by atoms with E-state index in [1.54, 1.807) is 18.9 Å². The second kappa shape index (κ2) is 5.66. The first-order chi connectivity index (χ1) is 10.8. The Labute approximate surface area is 128 Å². The lowest BCUT2D eigenvalue weighted by Crippen LogP contribution is -2.45. The Morgan fingerprint density at radius 1 is 1.32 bits per heavy atom. The molecule has 116 valence electrons. The van der Waals surface area contributed by atoms with E-state index in [1.165, 1.54) is 0 Å². The third kappa shape index (κ3) is 2.69. The Morgan fingerprint density at radius 2 is 2.32 bits per heavy atom. The van der Waals surface area contributed by atoms with E-state index < -0.39 is 0 Å². The summed E-state index contributed by atoms with van der Waals surface area (Å²) in [7, 11) is 0. The monoisotopic (exact) mass is 301 g/mol. The first-order valence-electron chi connectivity index (χ1n) is 7.62.